The number of hydrogen-bond acceptors (Lipinski definition) is 3. The molecule has 0 spiro atoms. The monoisotopic (exact) mass is 573 g/mol. The molecule has 2 rings (SSSR count). The van der Waals surface area contributed by atoms with Crippen molar-refractivity contribution < 1.29 is 13.6 Å². The summed E-state index contributed by atoms with van der Waals surface area (Å²) in [5.74, 6) is -0.630. The second-order valence-corrected chi connectivity index (χ2v) is 7.91. The van der Waals surface area contributed by atoms with Gasteiger partial charge in [-0.25, -0.2) is 8.78 Å². The van der Waals surface area contributed by atoms with E-state index in [4.69, 9.17) is 0 Å². The van der Waals surface area contributed by atoms with Crippen LogP contribution in [0.15, 0.2) is 47.5 Å². The first-order chi connectivity index (χ1) is 15.2. The molecule has 1 unspecified atom stereocenters. The number of guanidine groups is 1. The van der Waals surface area contributed by atoms with E-state index in [1.54, 1.807) is 44.1 Å². The van der Waals surface area contributed by atoms with Gasteiger partial charge in [-0.1, -0.05) is 18.2 Å². The SMILES string of the molecule is CCNC(=NCC(c1c(F)cccc1F)N(C)C)NCCc1cccc(C(=O)N(C)C)c1.I. The van der Waals surface area contributed by atoms with Gasteiger partial charge in [-0.3, -0.25) is 9.79 Å². The average Bonchev–Trinajstić information content (AvgIpc) is 2.75. The van der Waals surface area contributed by atoms with Crippen LogP contribution in [0.3, 0.4) is 0 Å². The lowest BCUT2D eigenvalue weighted by molar-refractivity contribution is 0.0827. The van der Waals surface area contributed by atoms with E-state index in [-0.39, 0.29) is 42.0 Å². The van der Waals surface area contributed by atoms with Crippen LogP contribution in [0.4, 0.5) is 8.78 Å². The van der Waals surface area contributed by atoms with Crippen molar-refractivity contribution in [3.63, 3.8) is 0 Å². The molecule has 33 heavy (non-hydrogen) atoms. The van der Waals surface area contributed by atoms with E-state index in [2.05, 4.69) is 15.6 Å². The second-order valence-electron chi connectivity index (χ2n) is 7.91. The smallest absolute Gasteiger partial charge is 0.253 e. The number of nitrogens with zero attached hydrogens (tertiary/aromatic N) is 3. The summed E-state index contributed by atoms with van der Waals surface area (Å²) in [7, 11) is 7.00. The molecule has 0 bridgehead atoms. The van der Waals surface area contributed by atoms with Gasteiger partial charge in [0.25, 0.3) is 5.91 Å². The van der Waals surface area contributed by atoms with Gasteiger partial charge in [0.1, 0.15) is 11.6 Å². The summed E-state index contributed by atoms with van der Waals surface area (Å²) in [4.78, 5) is 20.0. The summed E-state index contributed by atoms with van der Waals surface area (Å²) in [6, 6.07) is 10.9. The van der Waals surface area contributed by atoms with Crippen LogP contribution in [0.25, 0.3) is 0 Å². The summed E-state index contributed by atoms with van der Waals surface area (Å²) in [5.41, 5.74) is 1.69. The maximum atomic E-state index is 14.3. The summed E-state index contributed by atoms with van der Waals surface area (Å²) < 4.78 is 28.6. The quantitative estimate of drug-likeness (QED) is 0.273. The molecule has 0 aliphatic carbocycles. The first-order valence-electron chi connectivity index (χ1n) is 10.7. The van der Waals surface area contributed by atoms with Crippen LogP contribution >= 0.6 is 24.0 Å². The molecule has 0 saturated heterocycles. The molecule has 2 N–H and O–H groups in total. The molecule has 0 aliphatic rings. The number of likely N-dealkylation sites (N-methyl/N-ethyl adjacent to an activating group) is 1. The highest BCUT2D eigenvalue weighted by Gasteiger charge is 2.22. The van der Waals surface area contributed by atoms with Crippen molar-refractivity contribution in [1.82, 2.24) is 20.4 Å². The maximum absolute atomic E-state index is 14.3. The normalized spacial score (nSPS) is 12.2. The van der Waals surface area contributed by atoms with Gasteiger partial charge in [0, 0.05) is 38.3 Å². The van der Waals surface area contributed by atoms with E-state index in [0.717, 1.165) is 5.56 Å². The molecule has 0 aliphatic heterocycles. The number of carbonyl (C=O) groups is 1. The fourth-order valence-electron chi connectivity index (χ4n) is 3.30. The molecular weight excluding hydrogens is 539 g/mol. The third kappa shape index (κ3) is 8.54. The fraction of sp³-hybridized carbons (Fsp3) is 0.417. The molecule has 2 aromatic carbocycles. The Balaban J connectivity index is 0.00000544. The van der Waals surface area contributed by atoms with Crippen molar-refractivity contribution in [2.24, 2.45) is 4.99 Å². The van der Waals surface area contributed by atoms with E-state index in [1.807, 2.05) is 25.1 Å². The van der Waals surface area contributed by atoms with Crippen molar-refractivity contribution in [2.75, 3.05) is 47.8 Å². The van der Waals surface area contributed by atoms with Crippen molar-refractivity contribution in [3.8, 4) is 0 Å². The van der Waals surface area contributed by atoms with Crippen LogP contribution in [0.1, 0.15) is 34.5 Å². The number of aliphatic imine (C=N–C) groups is 1. The summed E-state index contributed by atoms with van der Waals surface area (Å²) in [5, 5.41) is 6.41. The zero-order valence-corrected chi connectivity index (χ0v) is 22.2. The molecule has 0 radical (unpaired) electrons. The highest BCUT2D eigenvalue weighted by molar-refractivity contribution is 14.0. The van der Waals surface area contributed by atoms with E-state index in [0.29, 0.717) is 31.0 Å². The molecule has 0 aromatic heterocycles. The fourth-order valence-corrected chi connectivity index (χ4v) is 3.30. The summed E-state index contributed by atoms with van der Waals surface area (Å²) in [6.45, 7) is 3.38. The van der Waals surface area contributed by atoms with Crippen LogP contribution in [-0.4, -0.2) is 69.5 Å². The number of hydrogen-bond donors (Lipinski definition) is 2. The lowest BCUT2D eigenvalue weighted by atomic mass is 10.0. The summed E-state index contributed by atoms with van der Waals surface area (Å²) >= 11 is 0. The molecule has 0 heterocycles. The first-order valence-corrected chi connectivity index (χ1v) is 10.7. The second kappa shape index (κ2) is 14.1. The van der Waals surface area contributed by atoms with Crippen molar-refractivity contribution in [2.45, 2.75) is 19.4 Å². The predicted molar refractivity (Wildman–Crippen MR) is 140 cm³/mol. The Morgan fingerprint density at radius 3 is 2.24 bits per heavy atom. The summed E-state index contributed by atoms with van der Waals surface area (Å²) in [6.07, 6.45) is 0.692. The van der Waals surface area contributed by atoms with Gasteiger partial charge in [-0.05, 0) is 57.3 Å². The molecular formula is C24H34F2IN5O. The lowest BCUT2D eigenvalue weighted by Gasteiger charge is -2.24. The van der Waals surface area contributed by atoms with Crippen LogP contribution in [-0.2, 0) is 6.42 Å². The van der Waals surface area contributed by atoms with Crippen molar-refractivity contribution >= 4 is 35.8 Å². The van der Waals surface area contributed by atoms with Crippen LogP contribution in [0.2, 0.25) is 0 Å². The van der Waals surface area contributed by atoms with Crippen molar-refractivity contribution in [1.29, 1.82) is 0 Å². The number of nitrogens with one attached hydrogen (secondary N) is 2. The number of rotatable bonds is 9. The first kappa shape index (κ1) is 28.8. The Hall–Kier alpha value is -2.27. The predicted octanol–water partition coefficient (Wildman–Crippen LogP) is 3.69. The zero-order chi connectivity index (χ0) is 23.7. The van der Waals surface area contributed by atoms with E-state index in [1.165, 1.54) is 18.2 Å². The minimum Gasteiger partial charge on any atom is -0.357 e. The van der Waals surface area contributed by atoms with Gasteiger partial charge in [0.05, 0.1) is 12.6 Å². The van der Waals surface area contributed by atoms with E-state index < -0.39 is 17.7 Å². The molecule has 182 valence electrons. The topological polar surface area (TPSA) is 60.0 Å². The van der Waals surface area contributed by atoms with Gasteiger partial charge in [0.2, 0.25) is 0 Å². The van der Waals surface area contributed by atoms with Gasteiger partial charge in [-0.2, -0.15) is 0 Å². The Labute approximate surface area is 212 Å². The van der Waals surface area contributed by atoms with Gasteiger partial charge in [-0.15, -0.1) is 24.0 Å². The highest BCUT2D eigenvalue weighted by Crippen LogP contribution is 2.24. The minimum absolute atomic E-state index is 0. The number of halogens is 3. The van der Waals surface area contributed by atoms with Crippen LogP contribution in [0, 0.1) is 11.6 Å². The molecule has 1 amide bonds. The minimum atomic E-state index is -0.580. The molecule has 1 atom stereocenters. The lowest BCUT2D eigenvalue weighted by Crippen LogP contribution is -2.39. The number of benzene rings is 2. The average molecular weight is 573 g/mol. The van der Waals surface area contributed by atoms with E-state index in [9.17, 15) is 13.6 Å². The number of carbonyl (C=O) groups excluding carboxylic acids is 1. The van der Waals surface area contributed by atoms with Gasteiger partial charge >= 0.3 is 0 Å². The third-order valence-electron chi connectivity index (χ3n) is 5.01. The Kier molecular flexibility index (Phi) is 12.3. The number of amides is 1. The van der Waals surface area contributed by atoms with Crippen LogP contribution < -0.4 is 10.6 Å². The van der Waals surface area contributed by atoms with Crippen LogP contribution in [0.5, 0.6) is 0 Å². The molecule has 2 aromatic rings. The third-order valence-corrected chi connectivity index (χ3v) is 5.01. The standard InChI is InChI=1S/C24H33F2N5O.HI/c1-6-27-24(28-14-13-17-9-7-10-18(15-17)23(32)31(4)5)29-16-21(30(2)3)22-19(25)11-8-12-20(22)26;/h7-12,15,21H,6,13-14,16H2,1-5H3,(H2,27,28,29);1H. The Bertz CT molecular complexity index is 917. The van der Waals surface area contributed by atoms with Crippen molar-refractivity contribution in [3.05, 3.63) is 70.8 Å². The molecule has 9 heteroatoms. The van der Waals surface area contributed by atoms with Gasteiger partial charge in [0.15, 0.2) is 5.96 Å². The largest absolute Gasteiger partial charge is 0.357 e. The van der Waals surface area contributed by atoms with Gasteiger partial charge < -0.3 is 20.4 Å². The molecule has 0 saturated carbocycles. The Morgan fingerprint density at radius 1 is 1.03 bits per heavy atom. The maximum Gasteiger partial charge on any atom is 0.253 e. The highest BCUT2D eigenvalue weighted by atomic mass is 127. The van der Waals surface area contributed by atoms with E-state index >= 15 is 0 Å². The molecule has 0 fully saturated rings. The Morgan fingerprint density at radius 2 is 1.67 bits per heavy atom. The zero-order valence-electron chi connectivity index (χ0n) is 19.9. The molecule has 6 nitrogen and oxygen atoms in total.